The van der Waals surface area contributed by atoms with Crippen LogP contribution >= 0.6 is 0 Å². The molecular weight excluding hydrogens is 334 g/mol. The van der Waals surface area contributed by atoms with E-state index in [9.17, 15) is 4.79 Å². The monoisotopic (exact) mass is 355 g/mol. The van der Waals surface area contributed by atoms with Gasteiger partial charge in [-0.15, -0.1) is 0 Å². The Balaban J connectivity index is 1.64. The van der Waals surface area contributed by atoms with Crippen molar-refractivity contribution in [1.82, 2.24) is 14.9 Å². The summed E-state index contributed by atoms with van der Waals surface area (Å²) in [5.74, 6) is 1.48. The number of nitrogens with zero attached hydrogens (tertiary/aromatic N) is 2. The predicted octanol–water partition coefficient (Wildman–Crippen LogP) is 2.17. The van der Waals surface area contributed by atoms with Crippen LogP contribution in [-0.2, 0) is 20.8 Å². The summed E-state index contributed by atoms with van der Waals surface area (Å²) in [7, 11) is 1.64. The van der Waals surface area contributed by atoms with Crippen molar-refractivity contribution in [2.45, 2.75) is 19.4 Å². The van der Waals surface area contributed by atoms with Gasteiger partial charge in [0.25, 0.3) is 5.91 Å². The van der Waals surface area contributed by atoms with E-state index in [1.165, 1.54) is 0 Å². The number of hydrogen-bond acceptors (Lipinski definition) is 5. The van der Waals surface area contributed by atoms with Gasteiger partial charge in [0.2, 0.25) is 5.76 Å². The smallest absolute Gasteiger partial charge is 0.292 e. The Morgan fingerprint density at radius 3 is 2.77 bits per heavy atom. The Kier molecular flexibility index (Phi) is 4.28. The molecule has 2 aliphatic rings. The van der Waals surface area contributed by atoms with Crippen molar-refractivity contribution < 1.29 is 19.0 Å². The van der Waals surface area contributed by atoms with Crippen molar-refractivity contribution in [2.24, 2.45) is 0 Å². The fourth-order valence-electron chi connectivity index (χ4n) is 3.44. The zero-order valence-electron chi connectivity index (χ0n) is 14.8. The molecule has 1 unspecified atom stereocenters. The Bertz CT molecular complexity index is 841. The van der Waals surface area contributed by atoms with Crippen LogP contribution in [0.2, 0.25) is 0 Å². The van der Waals surface area contributed by atoms with Crippen molar-refractivity contribution in [3.8, 4) is 5.75 Å². The lowest BCUT2D eigenvalue weighted by Gasteiger charge is -2.33. The average Bonchev–Trinajstić information content (AvgIpc) is 3.16. The molecule has 3 heterocycles. The fraction of sp³-hybridized carbons (Fsp3) is 0.368. The number of nitrogens with one attached hydrogen (secondary N) is 1. The summed E-state index contributed by atoms with van der Waals surface area (Å²) in [6.07, 6.45) is 1.68. The van der Waals surface area contributed by atoms with Gasteiger partial charge in [-0.3, -0.25) is 4.79 Å². The molecule has 1 amide bonds. The minimum Gasteiger partial charge on any atom is -0.497 e. The van der Waals surface area contributed by atoms with Crippen LogP contribution in [0.15, 0.2) is 42.1 Å². The number of amides is 1. The van der Waals surface area contributed by atoms with E-state index >= 15 is 0 Å². The number of ether oxygens (including phenoxy) is 3. The third-order valence-corrected chi connectivity index (χ3v) is 4.80. The maximum absolute atomic E-state index is 13.0. The quantitative estimate of drug-likeness (QED) is 0.913. The van der Waals surface area contributed by atoms with Crippen molar-refractivity contribution >= 4 is 5.91 Å². The molecule has 1 aromatic heterocycles. The van der Waals surface area contributed by atoms with Gasteiger partial charge in [-0.1, -0.05) is 12.1 Å². The molecule has 0 radical (unpaired) electrons. The molecular formula is C19H21N3O4. The molecule has 0 fully saturated rings. The first kappa shape index (κ1) is 16.5. The predicted molar refractivity (Wildman–Crippen MR) is 93.4 cm³/mol. The summed E-state index contributed by atoms with van der Waals surface area (Å²) >= 11 is 0. The van der Waals surface area contributed by atoms with Crippen molar-refractivity contribution in [3.05, 3.63) is 59.1 Å². The van der Waals surface area contributed by atoms with Gasteiger partial charge in [0, 0.05) is 12.5 Å². The molecule has 0 saturated carbocycles. The number of carbonyl (C=O) groups is 1. The van der Waals surface area contributed by atoms with Crippen LogP contribution in [0.25, 0.3) is 0 Å². The van der Waals surface area contributed by atoms with Gasteiger partial charge in [0.1, 0.15) is 24.7 Å². The van der Waals surface area contributed by atoms with Gasteiger partial charge >= 0.3 is 0 Å². The first-order valence-corrected chi connectivity index (χ1v) is 8.59. The topological polar surface area (TPSA) is 76.7 Å². The normalized spacial score (nSPS) is 19.5. The highest BCUT2D eigenvalue weighted by atomic mass is 16.6. The van der Waals surface area contributed by atoms with Gasteiger partial charge in [-0.2, -0.15) is 0 Å². The Hall–Kier alpha value is -2.96. The Morgan fingerprint density at radius 2 is 2.04 bits per heavy atom. The summed E-state index contributed by atoms with van der Waals surface area (Å²) in [5.41, 5.74) is 3.01. The minimum absolute atomic E-state index is 0.00901. The van der Waals surface area contributed by atoms with E-state index in [2.05, 4.69) is 9.97 Å². The second-order valence-electron chi connectivity index (χ2n) is 6.36. The van der Waals surface area contributed by atoms with E-state index in [4.69, 9.17) is 14.2 Å². The van der Waals surface area contributed by atoms with Crippen LogP contribution in [-0.4, -0.2) is 47.6 Å². The highest BCUT2D eigenvalue weighted by molar-refractivity contribution is 5.92. The SMILES string of the molecule is COc1ccc(C2CN(C(=O)C3=C(C)OCCO3)Cc3[nH]cnc32)cc1. The summed E-state index contributed by atoms with van der Waals surface area (Å²) in [4.78, 5) is 22.4. The number of hydrogen-bond donors (Lipinski definition) is 1. The average molecular weight is 355 g/mol. The molecule has 2 aromatic rings. The highest BCUT2D eigenvalue weighted by Crippen LogP contribution is 2.33. The van der Waals surface area contributed by atoms with E-state index in [0.717, 1.165) is 22.7 Å². The minimum atomic E-state index is -0.152. The molecule has 1 atom stereocenters. The number of aromatic nitrogens is 2. The number of H-pyrrole nitrogens is 1. The number of methoxy groups -OCH3 is 1. The first-order valence-electron chi connectivity index (χ1n) is 8.59. The summed E-state index contributed by atoms with van der Waals surface area (Å²) < 4.78 is 16.3. The van der Waals surface area contributed by atoms with Crippen LogP contribution in [0.3, 0.4) is 0 Å². The van der Waals surface area contributed by atoms with Crippen LogP contribution in [0, 0.1) is 0 Å². The van der Waals surface area contributed by atoms with Gasteiger partial charge in [0.05, 0.1) is 31.4 Å². The lowest BCUT2D eigenvalue weighted by Crippen LogP contribution is -2.41. The van der Waals surface area contributed by atoms with Crippen LogP contribution < -0.4 is 4.74 Å². The largest absolute Gasteiger partial charge is 0.497 e. The molecule has 0 spiro atoms. The van der Waals surface area contributed by atoms with E-state index in [-0.39, 0.29) is 11.8 Å². The molecule has 7 heteroatoms. The maximum Gasteiger partial charge on any atom is 0.292 e. The molecule has 0 saturated heterocycles. The van der Waals surface area contributed by atoms with Gasteiger partial charge in [-0.05, 0) is 24.6 Å². The zero-order valence-corrected chi connectivity index (χ0v) is 14.8. The molecule has 1 aromatic carbocycles. The zero-order chi connectivity index (χ0) is 18.1. The van der Waals surface area contributed by atoms with E-state index in [1.807, 2.05) is 24.3 Å². The van der Waals surface area contributed by atoms with Crippen molar-refractivity contribution in [2.75, 3.05) is 26.9 Å². The van der Waals surface area contributed by atoms with Crippen LogP contribution in [0.4, 0.5) is 0 Å². The molecule has 136 valence electrons. The molecule has 4 rings (SSSR count). The number of allylic oxidation sites excluding steroid dienone is 1. The van der Waals surface area contributed by atoms with Crippen LogP contribution in [0.1, 0.15) is 29.8 Å². The van der Waals surface area contributed by atoms with Crippen LogP contribution in [0.5, 0.6) is 5.75 Å². The number of benzene rings is 1. The number of fused-ring (bicyclic) bond motifs is 1. The number of carbonyl (C=O) groups excluding carboxylic acids is 1. The fourth-order valence-corrected chi connectivity index (χ4v) is 3.44. The molecule has 0 bridgehead atoms. The molecule has 2 aliphatic heterocycles. The van der Waals surface area contributed by atoms with Gasteiger partial charge in [0.15, 0.2) is 0 Å². The lowest BCUT2D eigenvalue weighted by molar-refractivity contribution is -0.134. The van der Waals surface area contributed by atoms with E-state index < -0.39 is 0 Å². The first-order chi connectivity index (χ1) is 12.7. The third-order valence-electron chi connectivity index (χ3n) is 4.80. The molecule has 26 heavy (non-hydrogen) atoms. The van der Waals surface area contributed by atoms with E-state index in [0.29, 0.717) is 37.8 Å². The lowest BCUT2D eigenvalue weighted by atomic mass is 9.90. The third kappa shape index (κ3) is 2.89. The Morgan fingerprint density at radius 1 is 1.27 bits per heavy atom. The maximum atomic E-state index is 13.0. The molecule has 1 N–H and O–H groups in total. The highest BCUT2D eigenvalue weighted by Gasteiger charge is 2.34. The summed E-state index contributed by atoms with van der Waals surface area (Å²) in [6, 6.07) is 7.88. The standard InChI is InChI=1S/C19H21N3O4/c1-12-18(26-8-7-25-12)19(23)22-9-15(17-16(10-22)20-11-21-17)13-3-5-14(24-2)6-4-13/h3-6,11,15H,7-10H2,1-2H3,(H,20,21). The number of rotatable bonds is 3. The summed E-state index contributed by atoms with van der Waals surface area (Å²) in [6.45, 7) is 3.63. The molecule has 0 aliphatic carbocycles. The number of imidazole rings is 1. The van der Waals surface area contributed by atoms with E-state index in [1.54, 1.807) is 25.3 Å². The van der Waals surface area contributed by atoms with Gasteiger partial charge in [-0.25, -0.2) is 4.98 Å². The van der Waals surface area contributed by atoms with Crippen molar-refractivity contribution in [1.29, 1.82) is 0 Å². The second kappa shape index (κ2) is 6.74. The Labute approximate surface area is 151 Å². The van der Waals surface area contributed by atoms with Crippen molar-refractivity contribution in [3.63, 3.8) is 0 Å². The molecule has 7 nitrogen and oxygen atoms in total. The second-order valence-corrected chi connectivity index (χ2v) is 6.36. The van der Waals surface area contributed by atoms with Gasteiger partial charge < -0.3 is 24.1 Å². The number of aromatic amines is 1. The summed E-state index contributed by atoms with van der Waals surface area (Å²) in [5, 5.41) is 0.